The molecule has 0 atom stereocenters. The molecule has 1 aromatic heterocycles. The lowest BCUT2D eigenvalue weighted by atomic mass is 10.1. The summed E-state index contributed by atoms with van der Waals surface area (Å²) >= 11 is 0. The maximum absolute atomic E-state index is 13.5. The first kappa shape index (κ1) is 12.1. The molecule has 1 aromatic rings. The normalized spacial score (nSPS) is 11.5. The van der Waals surface area contributed by atoms with E-state index < -0.39 is 0 Å². The van der Waals surface area contributed by atoms with Crippen molar-refractivity contribution in [3.05, 3.63) is 28.8 Å². The first-order valence-corrected chi connectivity index (χ1v) is 5.22. The molecule has 0 bridgehead atoms. The molecule has 0 saturated heterocycles. The SMILES string of the molecule is Cc1cc(F)c(C(C)C)nc1CN(C)C. The Bertz CT molecular complexity index is 346. The van der Waals surface area contributed by atoms with Gasteiger partial charge in [0.25, 0.3) is 0 Å². The molecule has 0 fully saturated rings. The molecule has 0 unspecified atom stereocenters. The predicted molar refractivity (Wildman–Crippen MR) is 60.4 cm³/mol. The number of nitrogens with zero attached hydrogens (tertiary/aromatic N) is 2. The lowest BCUT2D eigenvalue weighted by molar-refractivity contribution is 0.393. The molecule has 0 amide bonds. The van der Waals surface area contributed by atoms with E-state index in [-0.39, 0.29) is 11.7 Å². The van der Waals surface area contributed by atoms with Gasteiger partial charge >= 0.3 is 0 Å². The smallest absolute Gasteiger partial charge is 0.145 e. The molecule has 3 heteroatoms. The molecular formula is C12H19FN2. The van der Waals surface area contributed by atoms with Gasteiger partial charge < -0.3 is 4.90 Å². The number of hydrogen-bond acceptors (Lipinski definition) is 2. The summed E-state index contributed by atoms with van der Waals surface area (Å²) in [7, 11) is 3.97. The lowest BCUT2D eigenvalue weighted by Gasteiger charge is -2.14. The van der Waals surface area contributed by atoms with E-state index >= 15 is 0 Å². The van der Waals surface area contributed by atoms with E-state index in [1.165, 1.54) is 0 Å². The summed E-state index contributed by atoms with van der Waals surface area (Å²) in [6.45, 7) is 6.57. The lowest BCUT2D eigenvalue weighted by Crippen LogP contribution is -2.15. The summed E-state index contributed by atoms with van der Waals surface area (Å²) < 4.78 is 13.5. The van der Waals surface area contributed by atoms with Gasteiger partial charge in [-0.15, -0.1) is 0 Å². The third kappa shape index (κ3) is 2.99. The van der Waals surface area contributed by atoms with Gasteiger partial charge in [0.2, 0.25) is 0 Å². The van der Waals surface area contributed by atoms with Crippen molar-refractivity contribution in [3.8, 4) is 0 Å². The van der Waals surface area contributed by atoms with Crippen molar-refractivity contribution in [2.45, 2.75) is 33.2 Å². The molecule has 0 spiro atoms. The molecular weight excluding hydrogens is 191 g/mol. The number of aryl methyl sites for hydroxylation is 1. The summed E-state index contributed by atoms with van der Waals surface area (Å²) in [6, 6.07) is 1.58. The van der Waals surface area contributed by atoms with Crippen molar-refractivity contribution < 1.29 is 4.39 Å². The summed E-state index contributed by atoms with van der Waals surface area (Å²) in [4.78, 5) is 6.43. The topological polar surface area (TPSA) is 16.1 Å². The fourth-order valence-corrected chi connectivity index (χ4v) is 1.50. The largest absolute Gasteiger partial charge is 0.304 e. The second kappa shape index (κ2) is 4.71. The highest BCUT2D eigenvalue weighted by Crippen LogP contribution is 2.19. The van der Waals surface area contributed by atoms with Gasteiger partial charge in [0, 0.05) is 6.54 Å². The molecule has 0 aliphatic rings. The van der Waals surface area contributed by atoms with Crippen molar-refractivity contribution in [1.82, 2.24) is 9.88 Å². The molecule has 15 heavy (non-hydrogen) atoms. The van der Waals surface area contributed by atoms with Crippen LogP contribution in [0.3, 0.4) is 0 Å². The summed E-state index contributed by atoms with van der Waals surface area (Å²) in [5.41, 5.74) is 2.45. The Balaban J connectivity index is 3.11. The van der Waals surface area contributed by atoms with E-state index in [0.717, 1.165) is 17.8 Å². The van der Waals surface area contributed by atoms with Crippen LogP contribution < -0.4 is 0 Å². The maximum atomic E-state index is 13.5. The number of hydrogen-bond donors (Lipinski definition) is 0. The molecule has 0 N–H and O–H groups in total. The van der Waals surface area contributed by atoms with E-state index in [4.69, 9.17) is 0 Å². The second-order valence-corrected chi connectivity index (χ2v) is 4.51. The Kier molecular flexibility index (Phi) is 3.80. The quantitative estimate of drug-likeness (QED) is 0.762. The Morgan fingerprint density at radius 1 is 1.40 bits per heavy atom. The third-order valence-electron chi connectivity index (χ3n) is 2.31. The minimum Gasteiger partial charge on any atom is -0.304 e. The van der Waals surface area contributed by atoms with Crippen LogP contribution in [-0.2, 0) is 6.54 Å². The standard InChI is InChI=1S/C12H19FN2/c1-8(2)12-10(13)6-9(3)11(14-12)7-15(4)5/h6,8H,7H2,1-5H3. The van der Waals surface area contributed by atoms with Gasteiger partial charge in [-0.05, 0) is 38.6 Å². The molecule has 2 nitrogen and oxygen atoms in total. The Morgan fingerprint density at radius 3 is 2.47 bits per heavy atom. The van der Waals surface area contributed by atoms with Crippen molar-refractivity contribution in [2.75, 3.05) is 14.1 Å². The highest BCUT2D eigenvalue weighted by Gasteiger charge is 2.12. The molecule has 0 saturated carbocycles. The van der Waals surface area contributed by atoms with Crippen molar-refractivity contribution in [1.29, 1.82) is 0 Å². The summed E-state index contributed by atoms with van der Waals surface area (Å²) in [5, 5.41) is 0. The highest BCUT2D eigenvalue weighted by atomic mass is 19.1. The number of rotatable bonds is 3. The zero-order valence-corrected chi connectivity index (χ0v) is 10.1. The van der Waals surface area contributed by atoms with Gasteiger partial charge in [-0.1, -0.05) is 13.8 Å². The first-order chi connectivity index (χ1) is 6.91. The van der Waals surface area contributed by atoms with Crippen LogP contribution >= 0.6 is 0 Å². The maximum Gasteiger partial charge on any atom is 0.145 e. The molecule has 0 aliphatic carbocycles. The van der Waals surface area contributed by atoms with Gasteiger partial charge in [0.1, 0.15) is 5.82 Å². The molecule has 0 aromatic carbocycles. The monoisotopic (exact) mass is 210 g/mol. The van der Waals surface area contributed by atoms with Gasteiger partial charge in [-0.25, -0.2) is 4.39 Å². The van der Waals surface area contributed by atoms with Crippen molar-refractivity contribution >= 4 is 0 Å². The van der Waals surface area contributed by atoms with Crippen LogP contribution in [-0.4, -0.2) is 24.0 Å². The van der Waals surface area contributed by atoms with Crippen LogP contribution in [0.2, 0.25) is 0 Å². The fourth-order valence-electron chi connectivity index (χ4n) is 1.50. The summed E-state index contributed by atoms with van der Waals surface area (Å²) in [6.07, 6.45) is 0. The highest BCUT2D eigenvalue weighted by molar-refractivity contribution is 5.24. The Labute approximate surface area is 91.1 Å². The van der Waals surface area contributed by atoms with E-state index in [1.54, 1.807) is 6.07 Å². The zero-order chi connectivity index (χ0) is 11.6. The van der Waals surface area contributed by atoms with Gasteiger partial charge in [-0.2, -0.15) is 0 Å². The minimum atomic E-state index is -0.190. The van der Waals surface area contributed by atoms with E-state index in [2.05, 4.69) is 4.98 Å². The van der Waals surface area contributed by atoms with Crippen LogP contribution in [0.4, 0.5) is 4.39 Å². The second-order valence-electron chi connectivity index (χ2n) is 4.51. The van der Waals surface area contributed by atoms with Crippen LogP contribution in [0.1, 0.15) is 36.7 Å². The minimum absolute atomic E-state index is 0.131. The number of halogens is 1. The van der Waals surface area contributed by atoms with Gasteiger partial charge in [0.15, 0.2) is 0 Å². The van der Waals surface area contributed by atoms with E-state index in [1.807, 2.05) is 39.8 Å². The number of pyridine rings is 1. The van der Waals surface area contributed by atoms with Crippen LogP contribution in [0.5, 0.6) is 0 Å². The van der Waals surface area contributed by atoms with Crippen molar-refractivity contribution in [2.24, 2.45) is 0 Å². The molecule has 84 valence electrons. The van der Waals surface area contributed by atoms with Crippen LogP contribution in [0.25, 0.3) is 0 Å². The zero-order valence-electron chi connectivity index (χ0n) is 10.1. The molecule has 0 radical (unpaired) electrons. The van der Waals surface area contributed by atoms with Crippen molar-refractivity contribution in [3.63, 3.8) is 0 Å². The molecule has 1 rings (SSSR count). The van der Waals surface area contributed by atoms with Gasteiger partial charge in [-0.3, -0.25) is 4.98 Å². The van der Waals surface area contributed by atoms with E-state index in [0.29, 0.717) is 5.69 Å². The Hall–Kier alpha value is -0.960. The third-order valence-corrected chi connectivity index (χ3v) is 2.31. The predicted octanol–water partition coefficient (Wildman–Crippen LogP) is 2.71. The average molecular weight is 210 g/mol. The molecule has 1 heterocycles. The Morgan fingerprint density at radius 2 is 2.00 bits per heavy atom. The van der Waals surface area contributed by atoms with Gasteiger partial charge in [0.05, 0.1) is 11.4 Å². The number of aromatic nitrogens is 1. The van der Waals surface area contributed by atoms with E-state index in [9.17, 15) is 4.39 Å². The first-order valence-electron chi connectivity index (χ1n) is 5.22. The average Bonchev–Trinajstić information content (AvgIpc) is 2.08. The van der Waals surface area contributed by atoms with Crippen LogP contribution in [0.15, 0.2) is 6.07 Å². The van der Waals surface area contributed by atoms with Crippen LogP contribution in [0, 0.1) is 12.7 Å². The molecule has 0 aliphatic heterocycles. The summed E-state index contributed by atoms with van der Waals surface area (Å²) in [5.74, 6) is -0.0588. The fraction of sp³-hybridized carbons (Fsp3) is 0.583.